The van der Waals surface area contributed by atoms with Crippen molar-refractivity contribution in [2.75, 3.05) is 0 Å². The van der Waals surface area contributed by atoms with Crippen LogP contribution in [0.25, 0.3) is 0 Å². The fraction of sp³-hybridized carbons (Fsp3) is 0.600. The zero-order valence-corrected chi connectivity index (χ0v) is 8.48. The summed E-state index contributed by atoms with van der Waals surface area (Å²) in [6.07, 6.45) is 6.18. The van der Waals surface area contributed by atoms with Crippen molar-refractivity contribution in [3.05, 3.63) is 23.8 Å². The first-order valence-electron chi connectivity index (χ1n) is 4.24. The summed E-state index contributed by atoms with van der Waals surface area (Å²) in [6, 6.07) is 0. The summed E-state index contributed by atoms with van der Waals surface area (Å²) in [5.74, 6) is 0. The molecule has 2 unspecified atom stereocenters. The number of aliphatic hydroxyl groups is 1. The number of allylic oxidation sites excluding steroid dienone is 2. The highest BCUT2D eigenvalue weighted by Gasteiger charge is 2.58. The van der Waals surface area contributed by atoms with Crippen molar-refractivity contribution in [1.82, 2.24) is 0 Å². The average molecular weight is 182 g/mol. The van der Waals surface area contributed by atoms with E-state index in [2.05, 4.69) is 39.0 Å². The first-order valence-corrected chi connectivity index (χ1v) is 5.12. The molecule has 1 saturated heterocycles. The van der Waals surface area contributed by atoms with Gasteiger partial charge in [0, 0.05) is 0 Å². The summed E-state index contributed by atoms with van der Waals surface area (Å²) >= 11 is 1.64. The number of thioether (sulfide) groups is 1. The van der Waals surface area contributed by atoms with E-state index in [1.54, 1.807) is 11.8 Å². The molecule has 1 fully saturated rings. The SMILES string of the molecule is CC(C)(C)C1=CC=CC2SC12O. The third kappa shape index (κ3) is 1.05. The molecule has 0 aromatic heterocycles. The lowest BCUT2D eigenvalue weighted by Crippen LogP contribution is -2.27. The van der Waals surface area contributed by atoms with E-state index in [9.17, 15) is 5.11 Å². The largest absolute Gasteiger partial charge is 0.374 e. The maximum absolute atomic E-state index is 10.1. The third-order valence-electron chi connectivity index (χ3n) is 2.38. The molecule has 2 aliphatic rings. The zero-order chi connectivity index (χ0) is 8.98. The van der Waals surface area contributed by atoms with Crippen molar-refractivity contribution in [3.63, 3.8) is 0 Å². The summed E-state index contributed by atoms with van der Waals surface area (Å²) in [5, 5.41) is 10.4. The van der Waals surface area contributed by atoms with Crippen LogP contribution in [0.4, 0.5) is 0 Å². The van der Waals surface area contributed by atoms with Crippen molar-refractivity contribution in [1.29, 1.82) is 0 Å². The Morgan fingerprint density at radius 2 is 2.17 bits per heavy atom. The molecule has 2 rings (SSSR count). The zero-order valence-electron chi connectivity index (χ0n) is 7.66. The second-order valence-corrected chi connectivity index (χ2v) is 5.82. The Bertz CT molecular complexity index is 272. The highest BCUT2D eigenvalue weighted by atomic mass is 32.2. The molecular weight excluding hydrogens is 168 g/mol. The molecule has 0 radical (unpaired) electrons. The monoisotopic (exact) mass is 182 g/mol. The first kappa shape index (κ1) is 8.39. The summed E-state index contributed by atoms with van der Waals surface area (Å²) in [7, 11) is 0. The molecule has 66 valence electrons. The van der Waals surface area contributed by atoms with E-state index in [0.29, 0.717) is 5.25 Å². The quantitative estimate of drug-likeness (QED) is 0.580. The topological polar surface area (TPSA) is 20.2 Å². The van der Waals surface area contributed by atoms with Gasteiger partial charge in [0.05, 0.1) is 5.25 Å². The lowest BCUT2D eigenvalue weighted by atomic mass is 9.80. The Labute approximate surface area is 77.6 Å². The van der Waals surface area contributed by atoms with Gasteiger partial charge in [-0.05, 0) is 11.0 Å². The lowest BCUT2D eigenvalue weighted by Gasteiger charge is -2.27. The minimum absolute atomic E-state index is 0.0846. The van der Waals surface area contributed by atoms with Crippen LogP contribution in [0.2, 0.25) is 0 Å². The van der Waals surface area contributed by atoms with E-state index in [-0.39, 0.29) is 5.41 Å². The number of hydrogen-bond donors (Lipinski definition) is 1. The molecule has 0 aromatic carbocycles. The van der Waals surface area contributed by atoms with Crippen LogP contribution in [0.5, 0.6) is 0 Å². The molecule has 2 heteroatoms. The summed E-state index contributed by atoms with van der Waals surface area (Å²) in [4.78, 5) is -0.562. The maximum Gasteiger partial charge on any atom is 0.149 e. The van der Waals surface area contributed by atoms with Crippen molar-refractivity contribution >= 4 is 11.8 Å². The van der Waals surface area contributed by atoms with Gasteiger partial charge in [-0.25, -0.2) is 0 Å². The maximum atomic E-state index is 10.1. The summed E-state index contributed by atoms with van der Waals surface area (Å²) in [5.41, 5.74) is 1.24. The van der Waals surface area contributed by atoms with Crippen molar-refractivity contribution in [2.45, 2.75) is 31.0 Å². The van der Waals surface area contributed by atoms with Gasteiger partial charge >= 0.3 is 0 Å². The van der Waals surface area contributed by atoms with Crippen LogP contribution >= 0.6 is 11.8 Å². The normalized spacial score (nSPS) is 39.0. The molecule has 2 atom stereocenters. The van der Waals surface area contributed by atoms with Crippen molar-refractivity contribution in [2.24, 2.45) is 5.41 Å². The van der Waals surface area contributed by atoms with E-state index in [1.807, 2.05) is 0 Å². The molecule has 1 nitrogen and oxygen atoms in total. The van der Waals surface area contributed by atoms with Gasteiger partial charge in [0.2, 0.25) is 0 Å². The number of rotatable bonds is 0. The van der Waals surface area contributed by atoms with E-state index in [1.165, 1.54) is 0 Å². The Morgan fingerprint density at radius 3 is 2.67 bits per heavy atom. The molecule has 1 aliphatic carbocycles. The average Bonchev–Trinajstić information content (AvgIpc) is 2.56. The van der Waals surface area contributed by atoms with Crippen LogP contribution in [0.15, 0.2) is 23.8 Å². The van der Waals surface area contributed by atoms with Crippen LogP contribution in [0, 0.1) is 5.41 Å². The highest BCUT2D eigenvalue weighted by Crippen LogP contribution is 2.61. The minimum atomic E-state index is -0.562. The van der Waals surface area contributed by atoms with Crippen LogP contribution in [-0.4, -0.2) is 15.3 Å². The molecule has 1 N–H and O–H groups in total. The first-order chi connectivity index (χ1) is 5.44. The van der Waals surface area contributed by atoms with Gasteiger partial charge in [0.25, 0.3) is 0 Å². The minimum Gasteiger partial charge on any atom is -0.374 e. The third-order valence-corrected chi connectivity index (χ3v) is 3.71. The van der Waals surface area contributed by atoms with Gasteiger partial charge in [-0.1, -0.05) is 39.0 Å². The van der Waals surface area contributed by atoms with Gasteiger partial charge < -0.3 is 5.11 Å². The molecule has 1 heterocycles. The number of fused-ring (bicyclic) bond motifs is 1. The van der Waals surface area contributed by atoms with E-state index in [0.717, 1.165) is 5.57 Å². The van der Waals surface area contributed by atoms with Gasteiger partial charge in [0.1, 0.15) is 4.93 Å². The molecule has 0 spiro atoms. The van der Waals surface area contributed by atoms with Crippen LogP contribution in [-0.2, 0) is 0 Å². The fourth-order valence-corrected chi connectivity index (χ4v) is 2.90. The Hall–Kier alpha value is -0.210. The van der Waals surface area contributed by atoms with Crippen LogP contribution in [0.1, 0.15) is 20.8 Å². The van der Waals surface area contributed by atoms with E-state index < -0.39 is 4.93 Å². The van der Waals surface area contributed by atoms with Crippen LogP contribution in [0.3, 0.4) is 0 Å². The van der Waals surface area contributed by atoms with Gasteiger partial charge in [-0.15, -0.1) is 11.8 Å². The molecule has 0 amide bonds. The van der Waals surface area contributed by atoms with E-state index >= 15 is 0 Å². The second kappa shape index (κ2) is 2.18. The molecule has 0 saturated carbocycles. The van der Waals surface area contributed by atoms with Crippen molar-refractivity contribution in [3.8, 4) is 0 Å². The van der Waals surface area contributed by atoms with Gasteiger partial charge in [-0.3, -0.25) is 0 Å². The van der Waals surface area contributed by atoms with Crippen molar-refractivity contribution < 1.29 is 5.11 Å². The summed E-state index contributed by atoms with van der Waals surface area (Å²) in [6.45, 7) is 6.43. The Kier molecular flexibility index (Phi) is 1.52. The standard InChI is InChI=1S/C10H14OS/c1-9(2,3)7-5-4-6-8-10(7,11)12-8/h4-6,8,11H,1-3H3. The summed E-state index contributed by atoms with van der Waals surface area (Å²) < 4.78 is 0. The number of hydrogen-bond acceptors (Lipinski definition) is 2. The Balaban J connectivity index is 2.36. The van der Waals surface area contributed by atoms with Gasteiger partial charge in [-0.2, -0.15) is 0 Å². The Morgan fingerprint density at radius 1 is 1.50 bits per heavy atom. The predicted octanol–water partition coefficient (Wildman–Crippen LogP) is 2.33. The van der Waals surface area contributed by atoms with Gasteiger partial charge in [0.15, 0.2) is 0 Å². The molecule has 1 aliphatic heterocycles. The smallest absolute Gasteiger partial charge is 0.149 e. The predicted molar refractivity (Wildman–Crippen MR) is 53.0 cm³/mol. The fourth-order valence-electron chi connectivity index (χ4n) is 1.71. The molecule has 0 bridgehead atoms. The second-order valence-electron chi connectivity index (χ2n) is 4.45. The molecule has 0 aromatic rings. The molecular formula is C10H14OS. The highest BCUT2D eigenvalue weighted by molar-refractivity contribution is 8.08. The lowest BCUT2D eigenvalue weighted by molar-refractivity contribution is 0.188. The van der Waals surface area contributed by atoms with Crippen LogP contribution < -0.4 is 0 Å². The molecule has 12 heavy (non-hydrogen) atoms. The van der Waals surface area contributed by atoms with E-state index in [4.69, 9.17) is 0 Å².